The highest BCUT2D eigenvalue weighted by atomic mass is 19.3. The second kappa shape index (κ2) is 7.11. The molecule has 4 heterocycles. The number of rotatable bonds is 4. The molecule has 9 nitrogen and oxygen atoms in total. The van der Waals surface area contributed by atoms with Gasteiger partial charge >= 0.3 is 0 Å². The summed E-state index contributed by atoms with van der Waals surface area (Å²) in [6.07, 6.45) is 0.372. The van der Waals surface area contributed by atoms with E-state index in [1.165, 1.54) is 10.7 Å². The van der Waals surface area contributed by atoms with Crippen molar-refractivity contribution in [1.29, 1.82) is 0 Å². The van der Waals surface area contributed by atoms with Gasteiger partial charge in [-0.15, -0.1) is 0 Å². The molecule has 2 atom stereocenters. The zero-order chi connectivity index (χ0) is 19.8. The van der Waals surface area contributed by atoms with Gasteiger partial charge in [0.2, 0.25) is 0 Å². The van der Waals surface area contributed by atoms with Crippen molar-refractivity contribution in [2.45, 2.75) is 25.1 Å². The number of carbonyl (C=O) groups excluding carboxylic acids is 1. The molecule has 148 valence electrons. The van der Waals surface area contributed by atoms with Crippen molar-refractivity contribution in [2.75, 3.05) is 23.3 Å². The molecule has 1 fully saturated rings. The highest BCUT2D eigenvalue weighted by Crippen LogP contribution is 2.25. The molecule has 0 saturated carbocycles. The second-order valence-electron chi connectivity index (χ2n) is 6.56. The number of hydrogen-bond acceptors (Lipinski definition) is 6. The molecule has 3 aromatic rings. The lowest BCUT2D eigenvalue weighted by Gasteiger charge is -2.33. The van der Waals surface area contributed by atoms with Crippen LogP contribution >= 0.6 is 0 Å². The predicted octanol–water partition coefficient (Wildman–Crippen LogP) is 1.52. The van der Waals surface area contributed by atoms with Crippen LogP contribution in [0.5, 0.6) is 0 Å². The van der Waals surface area contributed by atoms with Crippen molar-refractivity contribution < 1.29 is 18.0 Å². The SMILES string of the molecule is N[C@@H]1C[C@@H](F)CN(c2ccn3ncc(C(=O)Nc4cn[nH]c4C(F)F)c3n2)C1. The third kappa shape index (κ3) is 3.38. The van der Waals surface area contributed by atoms with Gasteiger partial charge in [-0.05, 0) is 12.5 Å². The van der Waals surface area contributed by atoms with Crippen LogP contribution in [-0.2, 0) is 0 Å². The number of alkyl halides is 3. The standard InChI is InChI=1S/C16H17F3N8O/c17-8-3-9(20)7-26(6-8)12-1-2-27-15(24-12)10(4-22-27)16(28)23-11-5-21-25-13(11)14(18)19/h1-2,4-5,8-9,14H,3,6-7,20H2,(H,21,25)(H,23,28)/t8-,9-/m1/s1. The van der Waals surface area contributed by atoms with Crippen molar-refractivity contribution >= 4 is 23.1 Å². The Bertz CT molecular complexity index is 993. The number of hydrogen-bond donors (Lipinski definition) is 3. The van der Waals surface area contributed by atoms with Crippen molar-refractivity contribution in [2.24, 2.45) is 5.73 Å². The fourth-order valence-electron chi connectivity index (χ4n) is 3.21. The lowest BCUT2D eigenvalue weighted by Crippen LogP contribution is -2.48. The average Bonchev–Trinajstić information content (AvgIpc) is 3.26. The molecule has 1 saturated heterocycles. The predicted molar refractivity (Wildman–Crippen MR) is 94.2 cm³/mol. The van der Waals surface area contributed by atoms with Crippen molar-refractivity contribution in [3.8, 4) is 0 Å². The molecule has 0 radical (unpaired) electrons. The number of fused-ring (bicyclic) bond motifs is 1. The van der Waals surface area contributed by atoms with Gasteiger partial charge in [-0.2, -0.15) is 10.2 Å². The number of amides is 1. The summed E-state index contributed by atoms with van der Waals surface area (Å²) < 4.78 is 41.1. The first-order chi connectivity index (χ1) is 13.4. The average molecular weight is 394 g/mol. The van der Waals surface area contributed by atoms with Gasteiger partial charge in [-0.3, -0.25) is 9.89 Å². The molecule has 12 heteroatoms. The summed E-state index contributed by atoms with van der Waals surface area (Å²) in [4.78, 5) is 18.7. The van der Waals surface area contributed by atoms with Crippen LogP contribution in [0.15, 0.2) is 24.7 Å². The van der Waals surface area contributed by atoms with E-state index in [1.54, 1.807) is 17.2 Å². The summed E-state index contributed by atoms with van der Waals surface area (Å²) in [5.41, 5.74) is 5.56. The lowest BCUT2D eigenvalue weighted by molar-refractivity contribution is 0.102. The lowest BCUT2D eigenvalue weighted by atomic mass is 10.1. The van der Waals surface area contributed by atoms with Gasteiger partial charge in [0.25, 0.3) is 12.3 Å². The van der Waals surface area contributed by atoms with Gasteiger partial charge in [0.05, 0.1) is 24.6 Å². The van der Waals surface area contributed by atoms with Crippen LogP contribution in [-0.4, -0.2) is 56.0 Å². The van der Waals surface area contributed by atoms with E-state index >= 15 is 0 Å². The van der Waals surface area contributed by atoms with Crippen LogP contribution in [0.25, 0.3) is 5.65 Å². The van der Waals surface area contributed by atoms with E-state index in [9.17, 15) is 18.0 Å². The molecular weight excluding hydrogens is 377 g/mol. The quantitative estimate of drug-likeness (QED) is 0.618. The maximum atomic E-state index is 13.8. The summed E-state index contributed by atoms with van der Waals surface area (Å²) >= 11 is 0. The van der Waals surface area contributed by atoms with Crippen LogP contribution in [0, 0.1) is 0 Å². The molecule has 0 bridgehead atoms. The smallest absolute Gasteiger partial charge is 0.281 e. The van der Waals surface area contributed by atoms with Crippen LogP contribution < -0.4 is 16.0 Å². The maximum absolute atomic E-state index is 13.8. The Morgan fingerprint density at radius 1 is 1.36 bits per heavy atom. The molecule has 0 spiro atoms. The van der Waals surface area contributed by atoms with E-state index in [0.717, 1.165) is 6.20 Å². The van der Waals surface area contributed by atoms with Gasteiger partial charge in [0, 0.05) is 18.8 Å². The molecule has 4 N–H and O–H groups in total. The number of aromatic nitrogens is 5. The molecule has 1 aliphatic rings. The van der Waals surface area contributed by atoms with E-state index in [4.69, 9.17) is 5.73 Å². The number of nitrogens with one attached hydrogen (secondary N) is 2. The molecular formula is C16H17F3N8O. The zero-order valence-corrected chi connectivity index (χ0v) is 14.5. The molecule has 0 aliphatic carbocycles. The summed E-state index contributed by atoms with van der Waals surface area (Å²) in [6.45, 7) is 0.589. The zero-order valence-electron chi connectivity index (χ0n) is 14.5. The topological polar surface area (TPSA) is 117 Å². The first kappa shape index (κ1) is 18.2. The number of aromatic amines is 1. The minimum atomic E-state index is -2.82. The van der Waals surface area contributed by atoms with Crippen LogP contribution in [0.1, 0.15) is 28.9 Å². The molecule has 1 amide bonds. The third-order valence-electron chi connectivity index (χ3n) is 4.49. The molecule has 28 heavy (non-hydrogen) atoms. The molecule has 3 aromatic heterocycles. The summed E-state index contributed by atoms with van der Waals surface area (Å²) in [6, 6.07) is 1.33. The Morgan fingerprint density at radius 3 is 2.93 bits per heavy atom. The van der Waals surface area contributed by atoms with E-state index in [1.807, 2.05) is 0 Å². The molecule has 0 unspecified atom stereocenters. The van der Waals surface area contributed by atoms with Gasteiger partial charge in [0.15, 0.2) is 5.65 Å². The molecule has 4 rings (SSSR count). The van der Waals surface area contributed by atoms with Crippen molar-refractivity contribution in [1.82, 2.24) is 24.8 Å². The fraction of sp³-hybridized carbons (Fsp3) is 0.375. The largest absolute Gasteiger partial charge is 0.352 e. The van der Waals surface area contributed by atoms with Crippen molar-refractivity contribution in [3.63, 3.8) is 0 Å². The maximum Gasteiger partial charge on any atom is 0.281 e. The van der Waals surface area contributed by atoms with Crippen molar-refractivity contribution in [3.05, 3.63) is 35.9 Å². The summed E-state index contributed by atoms with van der Waals surface area (Å²) in [5, 5.41) is 12.1. The van der Waals surface area contributed by atoms with Gasteiger partial charge < -0.3 is 16.0 Å². The Labute approximate surface area is 156 Å². The Morgan fingerprint density at radius 2 is 2.18 bits per heavy atom. The Balaban J connectivity index is 1.62. The highest BCUT2D eigenvalue weighted by Gasteiger charge is 2.26. The van der Waals surface area contributed by atoms with Gasteiger partial charge in [-0.1, -0.05) is 0 Å². The number of anilines is 2. The van der Waals surface area contributed by atoms with Crippen LogP contribution in [0.2, 0.25) is 0 Å². The summed E-state index contributed by atoms with van der Waals surface area (Å²) in [7, 11) is 0. The van der Waals surface area contributed by atoms with E-state index in [-0.39, 0.29) is 35.9 Å². The summed E-state index contributed by atoms with van der Waals surface area (Å²) in [5.74, 6) is -0.210. The number of carbonyl (C=O) groups is 1. The first-order valence-electron chi connectivity index (χ1n) is 8.54. The van der Waals surface area contributed by atoms with Gasteiger partial charge in [-0.25, -0.2) is 22.7 Å². The highest BCUT2D eigenvalue weighted by molar-refractivity contribution is 6.08. The number of nitrogens with zero attached hydrogens (tertiary/aromatic N) is 5. The monoisotopic (exact) mass is 394 g/mol. The minimum Gasteiger partial charge on any atom is -0.352 e. The number of halogens is 3. The van der Waals surface area contributed by atoms with Crippen LogP contribution in [0.4, 0.5) is 24.7 Å². The first-order valence-corrected chi connectivity index (χ1v) is 8.54. The van der Waals surface area contributed by atoms with Crippen LogP contribution in [0.3, 0.4) is 0 Å². The number of piperidine rings is 1. The normalized spacial score (nSPS) is 20.1. The van der Waals surface area contributed by atoms with E-state index in [2.05, 4.69) is 25.6 Å². The minimum absolute atomic E-state index is 0.0846. The second-order valence-corrected chi connectivity index (χ2v) is 6.56. The number of H-pyrrole nitrogens is 1. The number of nitrogens with two attached hydrogens (primary N) is 1. The van der Waals surface area contributed by atoms with E-state index < -0.39 is 24.2 Å². The van der Waals surface area contributed by atoms with E-state index in [0.29, 0.717) is 12.4 Å². The Hall–Kier alpha value is -3.15. The molecule has 1 aliphatic heterocycles. The molecule has 0 aromatic carbocycles. The fourth-order valence-corrected chi connectivity index (χ4v) is 3.21. The third-order valence-corrected chi connectivity index (χ3v) is 4.49. The van der Waals surface area contributed by atoms with Gasteiger partial charge in [0.1, 0.15) is 23.2 Å². The Kier molecular flexibility index (Phi) is 4.63.